The minimum atomic E-state index is -3.74. The Kier molecular flexibility index (Phi) is 12.1. The zero-order valence-corrected chi connectivity index (χ0v) is 30.7. The molecule has 3 heterocycles. The fourth-order valence-corrected chi connectivity index (χ4v) is 7.24. The van der Waals surface area contributed by atoms with Crippen LogP contribution < -0.4 is 15.4 Å². The van der Waals surface area contributed by atoms with Gasteiger partial charge in [-0.1, -0.05) is 6.07 Å². The Morgan fingerprint density at radius 2 is 1.75 bits per heavy atom. The number of ether oxygens (including phenoxy) is 1. The average molecular weight is 730 g/mol. The van der Waals surface area contributed by atoms with E-state index in [1.807, 2.05) is 59.7 Å². The number of halogens is 2. The van der Waals surface area contributed by atoms with E-state index in [1.165, 1.54) is 18.5 Å². The third-order valence-corrected chi connectivity index (χ3v) is 9.72. The maximum absolute atomic E-state index is 13.9. The molecule has 276 valence electrons. The largest absolute Gasteiger partial charge is 0.493 e. The fourth-order valence-electron chi connectivity index (χ4n) is 5.45. The van der Waals surface area contributed by atoms with Crippen molar-refractivity contribution in [3.8, 4) is 5.75 Å². The Hall–Kier alpha value is -4.01. The van der Waals surface area contributed by atoms with Crippen LogP contribution in [0.15, 0.2) is 48.8 Å². The number of benzene rings is 2. The van der Waals surface area contributed by atoms with Gasteiger partial charge in [0.05, 0.1) is 42.0 Å². The molecule has 0 spiro atoms. The van der Waals surface area contributed by atoms with E-state index in [0.717, 1.165) is 37.4 Å². The van der Waals surface area contributed by atoms with Crippen molar-refractivity contribution in [2.24, 2.45) is 5.92 Å². The molecule has 0 atom stereocenters. The highest BCUT2D eigenvalue weighted by atomic mass is 31.2. The minimum absolute atomic E-state index is 0.132. The summed E-state index contributed by atoms with van der Waals surface area (Å²) in [6.07, 6.45) is 3.21. The molecule has 2 aromatic carbocycles. The molecule has 1 aliphatic heterocycles. The maximum Gasteiger partial charge on any atom is 0.475 e. The van der Waals surface area contributed by atoms with Crippen molar-refractivity contribution in [3.05, 3.63) is 66.1 Å². The molecule has 1 fully saturated rings. The first kappa shape index (κ1) is 38.2. The van der Waals surface area contributed by atoms with Gasteiger partial charge in [0.25, 0.3) is 0 Å². The van der Waals surface area contributed by atoms with Gasteiger partial charge in [-0.3, -0.25) is 23.5 Å². The van der Waals surface area contributed by atoms with Gasteiger partial charge in [0.1, 0.15) is 17.9 Å². The number of carbonyl (C=O) groups excluding carboxylic acids is 1. The molecule has 0 radical (unpaired) electrons. The lowest BCUT2D eigenvalue weighted by atomic mass is 9.98. The van der Waals surface area contributed by atoms with Crippen molar-refractivity contribution in [3.63, 3.8) is 0 Å². The van der Waals surface area contributed by atoms with Gasteiger partial charge in [0, 0.05) is 29.8 Å². The third kappa shape index (κ3) is 11.5. The predicted octanol–water partition coefficient (Wildman–Crippen LogP) is 7.40. The monoisotopic (exact) mass is 729 g/mol. The quantitative estimate of drug-likeness (QED) is 0.111. The lowest BCUT2D eigenvalue weighted by Crippen LogP contribution is -2.37. The summed E-state index contributed by atoms with van der Waals surface area (Å²) in [6.45, 7) is 14.1. The number of nitrogens with zero attached hydrogens (tertiary/aromatic N) is 4. The molecule has 0 unspecified atom stereocenters. The molecule has 4 aromatic rings. The second-order valence-electron chi connectivity index (χ2n) is 14.4. The molecule has 3 N–H and O–H groups in total. The van der Waals surface area contributed by atoms with Crippen molar-refractivity contribution in [2.75, 3.05) is 43.5 Å². The van der Waals surface area contributed by atoms with Gasteiger partial charge in [-0.05, 0) is 97.7 Å². The van der Waals surface area contributed by atoms with E-state index in [-0.39, 0.29) is 18.7 Å². The van der Waals surface area contributed by atoms with E-state index < -0.39 is 36.6 Å². The van der Waals surface area contributed by atoms with Crippen LogP contribution in [0.2, 0.25) is 0 Å². The van der Waals surface area contributed by atoms with Gasteiger partial charge in [-0.25, -0.2) is 23.3 Å². The number of H-pyrrole nitrogens is 1. The summed E-state index contributed by atoms with van der Waals surface area (Å²) in [5.74, 6) is -0.698. The number of phosphoric ester groups is 1. The number of hydrogen-bond acceptors (Lipinski definition) is 11. The SMILES string of the molecule is CC(C)(C)OP(=O)(OCCN1CCC(COc2ccc3c(Nc4cc(CC(=O)Nc5cccc(F)c5F)[nH]n4)ncnc3c2)CC1)OC(C)(C)C. The van der Waals surface area contributed by atoms with Gasteiger partial charge in [0.15, 0.2) is 17.5 Å². The molecule has 1 aliphatic rings. The number of piperidine rings is 1. The third-order valence-electron chi connectivity index (χ3n) is 7.68. The summed E-state index contributed by atoms with van der Waals surface area (Å²) in [6, 6.07) is 10.8. The molecular formula is C35H46F2N7O6P. The number of nitrogens with one attached hydrogen (secondary N) is 3. The fraction of sp³-hybridized carbons (Fsp3) is 0.486. The molecule has 13 nitrogen and oxygen atoms in total. The second kappa shape index (κ2) is 16.1. The van der Waals surface area contributed by atoms with Crippen LogP contribution in [0, 0.1) is 17.6 Å². The maximum atomic E-state index is 13.9. The summed E-state index contributed by atoms with van der Waals surface area (Å²) in [4.78, 5) is 23.4. The van der Waals surface area contributed by atoms with Crippen LogP contribution in [0.1, 0.15) is 60.1 Å². The highest BCUT2D eigenvalue weighted by Gasteiger charge is 2.37. The first-order valence-electron chi connectivity index (χ1n) is 16.9. The molecule has 2 aromatic heterocycles. The van der Waals surface area contributed by atoms with Gasteiger partial charge in [-0.2, -0.15) is 5.10 Å². The zero-order valence-electron chi connectivity index (χ0n) is 29.8. The second-order valence-corrected chi connectivity index (χ2v) is 15.9. The zero-order chi connectivity index (χ0) is 36.8. The lowest BCUT2D eigenvalue weighted by molar-refractivity contribution is -0.115. The number of hydrogen-bond donors (Lipinski definition) is 3. The first-order valence-corrected chi connectivity index (χ1v) is 18.3. The lowest BCUT2D eigenvalue weighted by Gasteiger charge is -2.33. The van der Waals surface area contributed by atoms with Crippen LogP contribution in [0.5, 0.6) is 5.75 Å². The standard InChI is InChI=1S/C35H46F2N7O6P/c1-34(2,3)49-51(46,50-35(4,5)6)48-17-16-44-14-12-23(13-15-44)21-47-25-10-11-26-29(20-25)38-22-39-33(26)41-30-18-24(42-43-30)19-31(45)40-28-9-7-8-27(36)32(28)37/h7-11,18,20,22-23H,12-17,19,21H2,1-6H3,(H,40,45)(H2,38,39,41,42,43). The topological polar surface area (TPSA) is 153 Å². The minimum Gasteiger partial charge on any atom is -0.493 e. The van der Waals surface area contributed by atoms with Crippen LogP contribution in [-0.4, -0.2) is 75.0 Å². The van der Waals surface area contributed by atoms with Crippen molar-refractivity contribution >= 4 is 42.0 Å². The van der Waals surface area contributed by atoms with Gasteiger partial charge < -0.3 is 20.3 Å². The van der Waals surface area contributed by atoms with E-state index in [9.17, 15) is 18.1 Å². The Bertz CT molecular complexity index is 1830. The molecular weight excluding hydrogens is 683 g/mol. The summed E-state index contributed by atoms with van der Waals surface area (Å²) in [5, 5.41) is 13.2. The molecule has 0 aliphatic carbocycles. The Labute approximate surface area is 296 Å². The Morgan fingerprint density at radius 3 is 2.45 bits per heavy atom. The summed E-state index contributed by atoms with van der Waals surface area (Å²) < 4.78 is 64.0. The van der Waals surface area contributed by atoms with Crippen molar-refractivity contribution in [2.45, 2.75) is 72.0 Å². The van der Waals surface area contributed by atoms with E-state index in [4.69, 9.17) is 18.3 Å². The van der Waals surface area contributed by atoms with Crippen molar-refractivity contribution in [1.82, 2.24) is 25.1 Å². The smallest absolute Gasteiger partial charge is 0.475 e. The number of likely N-dealkylation sites (tertiary alicyclic amines) is 1. The molecule has 5 rings (SSSR count). The van der Waals surface area contributed by atoms with E-state index in [0.29, 0.717) is 47.7 Å². The van der Waals surface area contributed by atoms with E-state index in [2.05, 4.69) is 35.7 Å². The molecule has 1 amide bonds. The van der Waals surface area contributed by atoms with E-state index in [1.54, 1.807) is 6.07 Å². The Balaban J connectivity index is 1.08. The first-order chi connectivity index (χ1) is 24.0. The number of phosphoric acid groups is 1. The summed E-state index contributed by atoms with van der Waals surface area (Å²) in [7, 11) is -3.74. The van der Waals surface area contributed by atoms with Gasteiger partial charge in [-0.15, -0.1) is 0 Å². The molecule has 0 saturated carbocycles. The average Bonchev–Trinajstić information content (AvgIpc) is 3.47. The molecule has 51 heavy (non-hydrogen) atoms. The predicted molar refractivity (Wildman–Crippen MR) is 190 cm³/mol. The van der Waals surface area contributed by atoms with Crippen molar-refractivity contribution in [1.29, 1.82) is 0 Å². The number of amides is 1. The van der Waals surface area contributed by atoms with Crippen molar-refractivity contribution < 1.29 is 36.4 Å². The van der Waals surface area contributed by atoms with Crippen LogP contribution in [0.4, 0.5) is 26.1 Å². The highest BCUT2D eigenvalue weighted by Crippen LogP contribution is 2.55. The summed E-state index contributed by atoms with van der Waals surface area (Å²) >= 11 is 0. The highest BCUT2D eigenvalue weighted by molar-refractivity contribution is 7.48. The number of anilines is 3. The van der Waals surface area contributed by atoms with Crippen LogP contribution in [-0.2, 0) is 29.4 Å². The summed E-state index contributed by atoms with van der Waals surface area (Å²) in [5.41, 5.74) is -0.455. The van der Waals surface area contributed by atoms with E-state index >= 15 is 0 Å². The number of aromatic nitrogens is 4. The van der Waals surface area contributed by atoms with Crippen LogP contribution in [0.3, 0.4) is 0 Å². The number of rotatable bonds is 14. The van der Waals surface area contributed by atoms with Crippen LogP contribution >= 0.6 is 7.82 Å². The normalized spacial score (nSPS) is 14.9. The van der Waals surface area contributed by atoms with Gasteiger partial charge in [0.2, 0.25) is 5.91 Å². The van der Waals surface area contributed by atoms with Gasteiger partial charge >= 0.3 is 7.82 Å². The molecule has 0 bridgehead atoms. The molecule has 1 saturated heterocycles. The number of carbonyl (C=O) groups is 1. The Morgan fingerprint density at radius 1 is 1.02 bits per heavy atom. The molecule has 16 heteroatoms. The number of fused-ring (bicyclic) bond motifs is 1. The van der Waals surface area contributed by atoms with Crippen LogP contribution in [0.25, 0.3) is 10.9 Å². The number of aromatic amines is 1.